The van der Waals surface area contributed by atoms with E-state index in [4.69, 9.17) is 0 Å². The van der Waals surface area contributed by atoms with Gasteiger partial charge in [-0.05, 0) is 91.6 Å². The Labute approximate surface area is 288 Å². The van der Waals surface area contributed by atoms with Crippen molar-refractivity contribution >= 4 is 66.9 Å². The molecule has 0 spiro atoms. The summed E-state index contributed by atoms with van der Waals surface area (Å²) < 4.78 is 86.4. The standard InChI is InChI=1S/C30H27F4IN6O7S/c1-16-24-23(25(37(2)26(16)42)36-22-11-8-17(35)14-21(22)31)27(43)40(18-9-10-18)29(45)39(24)19-6-5-7-20(15-19)41(48-28(44)30(32,33)34)49(46,47)38-12-3-4-13-38/h5-8,11,14-15,18,36H,3-4,9-10,12-13H2,1-2H3. The van der Waals surface area contributed by atoms with Crippen molar-refractivity contribution in [2.75, 3.05) is 22.9 Å². The van der Waals surface area contributed by atoms with Crippen molar-refractivity contribution in [3.05, 3.63) is 88.6 Å². The lowest BCUT2D eigenvalue weighted by atomic mass is 10.1. The predicted octanol–water partition coefficient (Wildman–Crippen LogP) is 4.15. The van der Waals surface area contributed by atoms with Gasteiger partial charge in [-0.25, -0.2) is 14.0 Å². The molecular weight excluding hydrogens is 791 g/mol. The molecule has 0 radical (unpaired) electrons. The first-order valence-electron chi connectivity index (χ1n) is 14.8. The van der Waals surface area contributed by atoms with E-state index in [1.54, 1.807) is 6.07 Å². The molecule has 0 amide bonds. The van der Waals surface area contributed by atoms with Crippen LogP contribution in [0.2, 0.25) is 0 Å². The van der Waals surface area contributed by atoms with E-state index in [1.165, 1.54) is 38.2 Å². The molecule has 260 valence electrons. The van der Waals surface area contributed by atoms with Crippen molar-refractivity contribution in [3.8, 4) is 5.69 Å². The molecule has 2 aromatic heterocycles. The maximum absolute atomic E-state index is 15.0. The van der Waals surface area contributed by atoms with Gasteiger partial charge in [-0.3, -0.25) is 23.3 Å². The van der Waals surface area contributed by atoms with E-state index in [2.05, 4.69) is 10.2 Å². The molecule has 2 aliphatic rings. The number of nitrogens with one attached hydrogen (secondary N) is 1. The zero-order valence-electron chi connectivity index (χ0n) is 25.8. The van der Waals surface area contributed by atoms with Crippen molar-refractivity contribution in [2.24, 2.45) is 7.05 Å². The smallest absolute Gasteiger partial charge is 0.338 e. The zero-order valence-corrected chi connectivity index (χ0v) is 28.7. The second-order valence-electron chi connectivity index (χ2n) is 11.6. The molecule has 49 heavy (non-hydrogen) atoms. The van der Waals surface area contributed by atoms with Gasteiger partial charge >= 0.3 is 28.0 Å². The number of nitrogens with zero attached hydrogens (tertiary/aromatic N) is 5. The summed E-state index contributed by atoms with van der Waals surface area (Å²) in [6.07, 6.45) is -3.78. The molecule has 13 nitrogen and oxygen atoms in total. The molecule has 1 N–H and O–H groups in total. The van der Waals surface area contributed by atoms with Crippen molar-refractivity contribution in [1.82, 2.24) is 18.0 Å². The number of rotatable bonds is 8. The van der Waals surface area contributed by atoms with Crippen LogP contribution in [0.1, 0.15) is 37.3 Å². The molecule has 1 saturated heterocycles. The summed E-state index contributed by atoms with van der Waals surface area (Å²) in [5.41, 5.74) is -3.49. The van der Waals surface area contributed by atoms with E-state index in [1.807, 2.05) is 22.6 Å². The molecule has 1 saturated carbocycles. The number of fused-ring (bicyclic) bond motifs is 1. The lowest BCUT2D eigenvalue weighted by Gasteiger charge is -2.27. The Bertz CT molecular complexity index is 2310. The highest BCUT2D eigenvalue weighted by atomic mass is 127. The number of hydrogen-bond acceptors (Lipinski definition) is 8. The second-order valence-corrected chi connectivity index (χ2v) is 14.6. The van der Waals surface area contributed by atoms with Crippen LogP contribution in [0.3, 0.4) is 0 Å². The zero-order chi connectivity index (χ0) is 35.6. The first-order valence-corrected chi connectivity index (χ1v) is 17.3. The number of carbonyl (C=O) groups is 1. The normalized spacial score (nSPS) is 15.5. The molecule has 1 aliphatic heterocycles. The van der Waals surface area contributed by atoms with Crippen molar-refractivity contribution < 1.29 is 35.6 Å². The molecule has 0 unspecified atom stereocenters. The van der Waals surface area contributed by atoms with E-state index in [-0.39, 0.29) is 51.2 Å². The summed E-state index contributed by atoms with van der Waals surface area (Å²) in [7, 11) is -3.51. The molecule has 1 aliphatic carbocycles. The lowest BCUT2D eigenvalue weighted by Crippen LogP contribution is -2.46. The molecule has 0 atom stereocenters. The third-order valence-corrected chi connectivity index (χ3v) is 10.6. The fourth-order valence-electron chi connectivity index (χ4n) is 5.70. The third-order valence-electron chi connectivity index (χ3n) is 8.24. The van der Waals surface area contributed by atoms with Gasteiger partial charge in [-0.2, -0.15) is 25.9 Å². The molecular formula is C30H27F4IN6O7S. The molecule has 2 fully saturated rings. The number of benzene rings is 2. The van der Waals surface area contributed by atoms with Crippen molar-refractivity contribution in [1.29, 1.82) is 0 Å². The van der Waals surface area contributed by atoms with Gasteiger partial charge in [0, 0.05) is 35.3 Å². The highest BCUT2D eigenvalue weighted by molar-refractivity contribution is 14.1. The van der Waals surface area contributed by atoms with E-state index in [0.29, 0.717) is 29.3 Å². The highest BCUT2D eigenvalue weighted by Gasteiger charge is 2.46. The van der Waals surface area contributed by atoms with Gasteiger partial charge in [0.05, 0.1) is 22.6 Å². The molecule has 19 heteroatoms. The van der Waals surface area contributed by atoms with Gasteiger partial charge in [-0.15, -0.1) is 0 Å². The number of pyridine rings is 1. The van der Waals surface area contributed by atoms with E-state index < -0.39 is 56.7 Å². The Morgan fingerprint density at radius 2 is 1.71 bits per heavy atom. The fourth-order valence-corrected chi connectivity index (χ4v) is 7.63. The average Bonchev–Trinajstić information content (AvgIpc) is 3.70. The topological polar surface area (TPSA) is 145 Å². The number of alkyl halides is 3. The fraction of sp³-hybridized carbons (Fsp3) is 0.333. The van der Waals surface area contributed by atoms with Crippen molar-refractivity contribution in [2.45, 2.75) is 44.8 Å². The van der Waals surface area contributed by atoms with Crippen LogP contribution in [-0.2, 0) is 26.9 Å². The summed E-state index contributed by atoms with van der Waals surface area (Å²) in [4.78, 5) is 58.2. The Morgan fingerprint density at radius 1 is 1.04 bits per heavy atom. The first-order chi connectivity index (χ1) is 23.0. The minimum absolute atomic E-state index is 0.0437. The average molecular weight is 819 g/mol. The first kappa shape index (κ1) is 34.6. The minimum Gasteiger partial charge on any atom is -0.338 e. The van der Waals surface area contributed by atoms with Gasteiger partial charge in [0.25, 0.3) is 11.1 Å². The van der Waals surface area contributed by atoms with Crippen LogP contribution in [0.25, 0.3) is 16.6 Å². The van der Waals surface area contributed by atoms with Crippen LogP contribution in [-0.4, -0.2) is 51.7 Å². The van der Waals surface area contributed by atoms with Crippen LogP contribution in [0.4, 0.5) is 34.8 Å². The molecule has 3 heterocycles. The van der Waals surface area contributed by atoms with Gasteiger partial charge in [-0.1, -0.05) is 10.5 Å². The lowest BCUT2D eigenvalue weighted by molar-refractivity contribution is -0.199. The predicted molar refractivity (Wildman–Crippen MR) is 179 cm³/mol. The Balaban J connectivity index is 1.63. The maximum atomic E-state index is 15.0. The largest absolute Gasteiger partial charge is 0.493 e. The van der Waals surface area contributed by atoms with Gasteiger partial charge in [0.1, 0.15) is 17.0 Å². The Hall–Kier alpha value is -4.24. The number of anilines is 3. The third kappa shape index (κ3) is 6.22. The number of aromatic nitrogens is 3. The van der Waals surface area contributed by atoms with Gasteiger partial charge in [0.2, 0.25) is 0 Å². The summed E-state index contributed by atoms with van der Waals surface area (Å²) >= 11 is 1.91. The maximum Gasteiger partial charge on any atom is 0.493 e. The molecule has 6 rings (SSSR count). The second kappa shape index (κ2) is 12.6. The van der Waals surface area contributed by atoms with Gasteiger partial charge < -0.3 is 10.2 Å². The highest BCUT2D eigenvalue weighted by Crippen LogP contribution is 2.35. The minimum atomic E-state index is -5.56. The van der Waals surface area contributed by atoms with E-state index in [9.17, 15) is 40.8 Å². The van der Waals surface area contributed by atoms with Crippen LogP contribution in [0.5, 0.6) is 0 Å². The van der Waals surface area contributed by atoms with Crippen LogP contribution < -0.4 is 26.6 Å². The summed E-state index contributed by atoms with van der Waals surface area (Å²) in [6.45, 7) is 1.27. The van der Waals surface area contributed by atoms with Crippen LogP contribution >= 0.6 is 22.6 Å². The Kier molecular flexibility index (Phi) is 8.89. The number of carbonyl (C=O) groups excluding carboxylic acids is 1. The summed E-state index contributed by atoms with van der Waals surface area (Å²) in [5.74, 6) is -3.64. The van der Waals surface area contributed by atoms with Gasteiger partial charge in [0.15, 0.2) is 0 Å². The van der Waals surface area contributed by atoms with E-state index >= 15 is 4.39 Å². The quantitative estimate of drug-likeness (QED) is 0.159. The molecule has 2 aromatic carbocycles. The molecule has 4 aromatic rings. The van der Waals surface area contributed by atoms with Crippen molar-refractivity contribution in [3.63, 3.8) is 0 Å². The summed E-state index contributed by atoms with van der Waals surface area (Å²) in [6, 6.07) is 8.27. The van der Waals surface area contributed by atoms with Crippen LogP contribution in [0.15, 0.2) is 56.8 Å². The van der Waals surface area contributed by atoms with Crippen LogP contribution in [0, 0.1) is 16.3 Å². The SMILES string of the molecule is Cc1c(=O)n(C)c(Nc2ccc(I)cc2F)c2c(=O)n(C3CC3)c(=O)n(-c3cccc(N(OC(=O)C(F)(F)F)S(=O)(=O)N4CCCC4)c3)c12. The monoisotopic (exact) mass is 818 g/mol. The number of halogens is 5. The number of aryl methyl sites for hydroxylation is 1. The summed E-state index contributed by atoms with van der Waals surface area (Å²) in [5, 5.41) is 2.64. The Morgan fingerprint density at radius 3 is 2.33 bits per heavy atom. The molecule has 0 bridgehead atoms. The van der Waals surface area contributed by atoms with E-state index in [0.717, 1.165) is 30.1 Å². The number of hydrogen-bond donors (Lipinski definition) is 1.